The summed E-state index contributed by atoms with van der Waals surface area (Å²) in [5, 5.41) is 0. The van der Waals surface area contributed by atoms with Gasteiger partial charge in [0.1, 0.15) is 0 Å². The molecule has 3 heteroatoms. The highest BCUT2D eigenvalue weighted by atomic mass is 16.5. The Morgan fingerprint density at radius 1 is 1.28 bits per heavy atom. The van der Waals surface area contributed by atoms with Crippen LogP contribution in [0.2, 0.25) is 0 Å². The molecule has 100 valence electrons. The SMILES string of the molecule is CCOC1CCN(Cc2cccc(CN)c2)CC1. The number of nitrogens with zero attached hydrogens (tertiary/aromatic N) is 1. The van der Waals surface area contributed by atoms with E-state index < -0.39 is 0 Å². The van der Waals surface area contributed by atoms with Crippen molar-refractivity contribution < 1.29 is 4.74 Å². The van der Waals surface area contributed by atoms with E-state index >= 15 is 0 Å². The van der Waals surface area contributed by atoms with E-state index in [0.29, 0.717) is 12.6 Å². The monoisotopic (exact) mass is 248 g/mol. The summed E-state index contributed by atoms with van der Waals surface area (Å²) in [5.41, 5.74) is 8.26. The molecule has 1 saturated heterocycles. The first-order valence-corrected chi connectivity index (χ1v) is 6.93. The van der Waals surface area contributed by atoms with Crippen molar-refractivity contribution in [1.82, 2.24) is 4.90 Å². The van der Waals surface area contributed by atoms with E-state index in [0.717, 1.165) is 39.1 Å². The molecule has 0 bridgehead atoms. The number of nitrogens with two attached hydrogens (primary N) is 1. The largest absolute Gasteiger partial charge is 0.378 e. The Kier molecular flexibility index (Phi) is 5.17. The molecule has 1 fully saturated rings. The molecule has 1 aromatic carbocycles. The zero-order valence-electron chi connectivity index (χ0n) is 11.3. The second-order valence-electron chi connectivity index (χ2n) is 4.95. The molecule has 1 aliphatic rings. The summed E-state index contributed by atoms with van der Waals surface area (Å²) in [4.78, 5) is 2.51. The Labute approximate surface area is 110 Å². The van der Waals surface area contributed by atoms with Crippen molar-refractivity contribution in [2.24, 2.45) is 5.73 Å². The van der Waals surface area contributed by atoms with Gasteiger partial charge in [-0.2, -0.15) is 0 Å². The Morgan fingerprint density at radius 2 is 2.00 bits per heavy atom. The molecule has 1 aliphatic heterocycles. The molecule has 0 aromatic heterocycles. The lowest BCUT2D eigenvalue weighted by Gasteiger charge is -2.31. The van der Waals surface area contributed by atoms with E-state index in [9.17, 15) is 0 Å². The quantitative estimate of drug-likeness (QED) is 0.867. The maximum Gasteiger partial charge on any atom is 0.0599 e. The van der Waals surface area contributed by atoms with Crippen LogP contribution < -0.4 is 5.73 Å². The van der Waals surface area contributed by atoms with E-state index in [2.05, 4.69) is 36.1 Å². The van der Waals surface area contributed by atoms with Crippen LogP contribution in [-0.2, 0) is 17.8 Å². The van der Waals surface area contributed by atoms with Crippen molar-refractivity contribution in [3.05, 3.63) is 35.4 Å². The summed E-state index contributed by atoms with van der Waals surface area (Å²) in [5.74, 6) is 0. The smallest absolute Gasteiger partial charge is 0.0599 e. The first kappa shape index (κ1) is 13.5. The first-order chi connectivity index (χ1) is 8.81. The Balaban J connectivity index is 1.83. The van der Waals surface area contributed by atoms with Crippen molar-refractivity contribution in [3.63, 3.8) is 0 Å². The number of piperidine rings is 1. The van der Waals surface area contributed by atoms with Crippen LogP contribution in [0.15, 0.2) is 24.3 Å². The fourth-order valence-corrected chi connectivity index (χ4v) is 2.58. The summed E-state index contributed by atoms with van der Waals surface area (Å²) < 4.78 is 5.67. The van der Waals surface area contributed by atoms with Crippen molar-refractivity contribution in [2.45, 2.75) is 39.0 Å². The Bertz CT molecular complexity index is 359. The second-order valence-corrected chi connectivity index (χ2v) is 4.95. The Hall–Kier alpha value is -0.900. The van der Waals surface area contributed by atoms with Crippen LogP contribution in [-0.4, -0.2) is 30.7 Å². The highest BCUT2D eigenvalue weighted by Crippen LogP contribution is 2.16. The molecule has 1 aromatic rings. The molecule has 0 spiro atoms. The van der Waals surface area contributed by atoms with Crippen LogP contribution in [0.3, 0.4) is 0 Å². The average Bonchev–Trinajstić information content (AvgIpc) is 2.42. The van der Waals surface area contributed by atoms with Crippen LogP contribution >= 0.6 is 0 Å². The highest BCUT2D eigenvalue weighted by Gasteiger charge is 2.19. The molecule has 0 saturated carbocycles. The second kappa shape index (κ2) is 6.88. The molecule has 0 aliphatic carbocycles. The standard InChI is InChI=1S/C15H24N2O/c1-2-18-15-6-8-17(9-7-15)12-14-5-3-4-13(10-14)11-16/h3-5,10,15H,2,6-9,11-12,16H2,1H3. The van der Waals surface area contributed by atoms with E-state index in [1.807, 2.05) is 0 Å². The third kappa shape index (κ3) is 3.80. The maximum atomic E-state index is 5.67. The van der Waals surface area contributed by atoms with Gasteiger partial charge >= 0.3 is 0 Å². The molecule has 0 unspecified atom stereocenters. The zero-order chi connectivity index (χ0) is 12.8. The average molecular weight is 248 g/mol. The predicted octanol–water partition coefficient (Wildman–Crippen LogP) is 2.15. The van der Waals surface area contributed by atoms with Crippen LogP contribution in [0.5, 0.6) is 0 Å². The molecule has 0 amide bonds. The Morgan fingerprint density at radius 3 is 2.67 bits per heavy atom. The fourth-order valence-electron chi connectivity index (χ4n) is 2.58. The molecule has 0 radical (unpaired) electrons. The van der Waals surface area contributed by atoms with Gasteiger partial charge in [0.05, 0.1) is 6.10 Å². The van der Waals surface area contributed by atoms with Gasteiger partial charge in [-0.1, -0.05) is 24.3 Å². The van der Waals surface area contributed by atoms with Crippen LogP contribution in [0.4, 0.5) is 0 Å². The third-order valence-electron chi connectivity index (χ3n) is 3.57. The van der Waals surface area contributed by atoms with Crippen molar-refractivity contribution in [2.75, 3.05) is 19.7 Å². The number of hydrogen-bond donors (Lipinski definition) is 1. The number of rotatable bonds is 5. The minimum Gasteiger partial charge on any atom is -0.378 e. The predicted molar refractivity (Wildman–Crippen MR) is 74.3 cm³/mol. The highest BCUT2D eigenvalue weighted by molar-refractivity contribution is 5.23. The van der Waals surface area contributed by atoms with Crippen molar-refractivity contribution in [1.29, 1.82) is 0 Å². The van der Waals surface area contributed by atoms with Gasteiger partial charge in [-0.15, -0.1) is 0 Å². The number of hydrogen-bond acceptors (Lipinski definition) is 3. The van der Waals surface area contributed by atoms with Gasteiger partial charge in [-0.3, -0.25) is 4.90 Å². The first-order valence-electron chi connectivity index (χ1n) is 6.93. The number of benzene rings is 1. The fraction of sp³-hybridized carbons (Fsp3) is 0.600. The summed E-state index contributed by atoms with van der Waals surface area (Å²) in [6.45, 7) is 6.84. The minimum atomic E-state index is 0.474. The topological polar surface area (TPSA) is 38.5 Å². The third-order valence-corrected chi connectivity index (χ3v) is 3.57. The van der Waals surface area contributed by atoms with E-state index in [4.69, 9.17) is 10.5 Å². The number of likely N-dealkylation sites (tertiary alicyclic amines) is 1. The van der Waals surface area contributed by atoms with Crippen LogP contribution in [0.25, 0.3) is 0 Å². The maximum absolute atomic E-state index is 5.67. The molecular formula is C15H24N2O. The van der Waals surface area contributed by atoms with Gasteiger partial charge in [0.25, 0.3) is 0 Å². The zero-order valence-corrected chi connectivity index (χ0v) is 11.3. The van der Waals surface area contributed by atoms with Gasteiger partial charge in [0.2, 0.25) is 0 Å². The summed E-state index contributed by atoms with van der Waals surface area (Å²) >= 11 is 0. The molecule has 2 N–H and O–H groups in total. The van der Waals surface area contributed by atoms with Gasteiger partial charge in [-0.25, -0.2) is 0 Å². The molecule has 18 heavy (non-hydrogen) atoms. The lowest BCUT2D eigenvalue weighted by atomic mass is 10.1. The number of ether oxygens (including phenoxy) is 1. The van der Waals surface area contributed by atoms with Crippen molar-refractivity contribution >= 4 is 0 Å². The van der Waals surface area contributed by atoms with Crippen molar-refractivity contribution in [3.8, 4) is 0 Å². The molecule has 3 nitrogen and oxygen atoms in total. The van der Waals surface area contributed by atoms with Crippen LogP contribution in [0.1, 0.15) is 30.9 Å². The normalized spacial score (nSPS) is 18.1. The van der Waals surface area contributed by atoms with E-state index in [-0.39, 0.29) is 0 Å². The summed E-state index contributed by atoms with van der Waals surface area (Å²) in [7, 11) is 0. The summed E-state index contributed by atoms with van der Waals surface area (Å²) in [6, 6.07) is 8.59. The molecule has 2 rings (SSSR count). The van der Waals surface area contributed by atoms with E-state index in [1.54, 1.807) is 0 Å². The lowest BCUT2D eigenvalue weighted by Crippen LogP contribution is -2.36. The molecule has 1 heterocycles. The van der Waals surface area contributed by atoms with Gasteiger partial charge < -0.3 is 10.5 Å². The molecular weight excluding hydrogens is 224 g/mol. The summed E-state index contributed by atoms with van der Waals surface area (Å²) in [6.07, 6.45) is 2.79. The van der Waals surface area contributed by atoms with Gasteiger partial charge in [0.15, 0.2) is 0 Å². The van der Waals surface area contributed by atoms with Gasteiger partial charge in [-0.05, 0) is 30.9 Å². The lowest BCUT2D eigenvalue weighted by molar-refractivity contribution is 0.0125. The molecule has 0 atom stereocenters. The van der Waals surface area contributed by atoms with Crippen LogP contribution in [0, 0.1) is 0 Å². The van der Waals surface area contributed by atoms with E-state index in [1.165, 1.54) is 11.1 Å². The minimum absolute atomic E-state index is 0.474. The van der Waals surface area contributed by atoms with Gasteiger partial charge in [0, 0.05) is 32.8 Å².